The van der Waals surface area contributed by atoms with Gasteiger partial charge in [0.1, 0.15) is 11.5 Å². The number of phenols is 2. The third-order valence-electron chi connectivity index (χ3n) is 3.52. The molecule has 0 saturated carbocycles. The Hall–Kier alpha value is -2.04. The topological polar surface area (TPSA) is 72.7 Å². The standard InChI is InChI=1S/C17H21NO3/c1-12(17(21)14-4-8-16(20)9-5-14)18-11-10-13-2-6-15(19)7-3-13/h2-9,12,17-21H,10-11H2,1H3/t12-,17+/m0/s1. The van der Waals surface area contributed by atoms with Gasteiger partial charge in [0.25, 0.3) is 0 Å². The fourth-order valence-electron chi connectivity index (χ4n) is 2.18. The van der Waals surface area contributed by atoms with Crippen molar-refractivity contribution in [3.8, 4) is 11.5 Å². The Labute approximate surface area is 124 Å². The van der Waals surface area contributed by atoms with Crippen molar-refractivity contribution in [3.63, 3.8) is 0 Å². The van der Waals surface area contributed by atoms with Crippen LogP contribution in [-0.4, -0.2) is 27.9 Å². The van der Waals surface area contributed by atoms with E-state index >= 15 is 0 Å². The highest BCUT2D eigenvalue weighted by Crippen LogP contribution is 2.19. The minimum absolute atomic E-state index is 0.0911. The smallest absolute Gasteiger partial charge is 0.115 e. The quantitative estimate of drug-likeness (QED) is 0.658. The monoisotopic (exact) mass is 287 g/mol. The van der Waals surface area contributed by atoms with Gasteiger partial charge in [-0.1, -0.05) is 24.3 Å². The van der Waals surface area contributed by atoms with Gasteiger partial charge in [0.2, 0.25) is 0 Å². The van der Waals surface area contributed by atoms with Crippen molar-refractivity contribution in [2.45, 2.75) is 25.5 Å². The van der Waals surface area contributed by atoms with E-state index in [1.54, 1.807) is 36.4 Å². The molecule has 0 heterocycles. The summed E-state index contributed by atoms with van der Waals surface area (Å²) in [6.07, 6.45) is 0.206. The van der Waals surface area contributed by atoms with Gasteiger partial charge in [-0.2, -0.15) is 0 Å². The maximum Gasteiger partial charge on any atom is 0.115 e. The van der Waals surface area contributed by atoms with Crippen molar-refractivity contribution in [1.82, 2.24) is 5.32 Å². The molecule has 0 aliphatic heterocycles. The van der Waals surface area contributed by atoms with Gasteiger partial charge < -0.3 is 20.6 Å². The molecule has 0 aromatic heterocycles. The molecule has 2 atom stereocenters. The fraction of sp³-hybridized carbons (Fsp3) is 0.294. The second-order valence-corrected chi connectivity index (χ2v) is 5.20. The Morgan fingerprint density at radius 1 is 0.905 bits per heavy atom. The van der Waals surface area contributed by atoms with Gasteiger partial charge >= 0.3 is 0 Å². The molecule has 4 heteroatoms. The van der Waals surface area contributed by atoms with Gasteiger partial charge in [0.05, 0.1) is 6.10 Å². The summed E-state index contributed by atoms with van der Waals surface area (Å²) in [5, 5.41) is 32.0. The van der Waals surface area contributed by atoms with Crippen LogP contribution >= 0.6 is 0 Å². The molecule has 0 saturated heterocycles. The van der Waals surface area contributed by atoms with E-state index in [2.05, 4.69) is 5.32 Å². The number of aliphatic hydroxyl groups is 1. The van der Waals surface area contributed by atoms with Gasteiger partial charge in [-0.3, -0.25) is 0 Å². The number of hydrogen-bond donors (Lipinski definition) is 4. The SMILES string of the molecule is C[C@H](NCCc1ccc(O)cc1)[C@@H](O)c1ccc(O)cc1. The molecule has 0 fully saturated rings. The molecule has 0 bridgehead atoms. The zero-order valence-electron chi connectivity index (χ0n) is 12.0. The molecular weight excluding hydrogens is 266 g/mol. The van der Waals surface area contributed by atoms with Gasteiger partial charge in [0.15, 0.2) is 0 Å². The van der Waals surface area contributed by atoms with E-state index in [4.69, 9.17) is 0 Å². The van der Waals surface area contributed by atoms with E-state index in [0.717, 1.165) is 24.1 Å². The number of hydrogen-bond acceptors (Lipinski definition) is 4. The molecule has 0 aliphatic rings. The van der Waals surface area contributed by atoms with Crippen molar-refractivity contribution >= 4 is 0 Å². The Morgan fingerprint density at radius 3 is 2.00 bits per heavy atom. The maximum atomic E-state index is 10.2. The van der Waals surface area contributed by atoms with E-state index in [9.17, 15) is 15.3 Å². The molecule has 2 aromatic rings. The second kappa shape index (κ2) is 7.11. The average Bonchev–Trinajstić information content (AvgIpc) is 2.49. The lowest BCUT2D eigenvalue weighted by molar-refractivity contribution is 0.136. The zero-order chi connectivity index (χ0) is 15.2. The molecule has 0 spiro atoms. The first-order valence-corrected chi connectivity index (χ1v) is 7.04. The Bertz CT molecular complexity index is 551. The molecule has 112 valence electrons. The molecular formula is C17H21NO3. The molecule has 2 rings (SSSR count). The van der Waals surface area contributed by atoms with Gasteiger partial charge in [-0.25, -0.2) is 0 Å². The summed E-state index contributed by atoms with van der Waals surface area (Å²) in [4.78, 5) is 0. The van der Waals surface area contributed by atoms with Crippen LogP contribution < -0.4 is 5.32 Å². The number of nitrogens with one attached hydrogen (secondary N) is 1. The largest absolute Gasteiger partial charge is 0.508 e. The van der Waals surface area contributed by atoms with Crippen molar-refractivity contribution < 1.29 is 15.3 Å². The molecule has 0 unspecified atom stereocenters. The zero-order valence-corrected chi connectivity index (χ0v) is 12.0. The van der Waals surface area contributed by atoms with E-state index in [1.807, 2.05) is 19.1 Å². The highest BCUT2D eigenvalue weighted by atomic mass is 16.3. The summed E-state index contributed by atoms with van der Waals surface area (Å²) in [6, 6.07) is 13.6. The van der Waals surface area contributed by atoms with Crippen LogP contribution in [0.2, 0.25) is 0 Å². The molecule has 21 heavy (non-hydrogen) atoms. The number of benzene rings is 2. The van der Waals surface area contributed by atoms with E-state index in [0.29, 0.717) is 0 Å². The van der Waals surface area contributed by atoms with Crippen LogP contribution in [0, 0.1) is 0 Å². The Morgan fingerprint density at radius 2 is 1.43 bits per heavy atom. The number of aliphatic hydroxyl groups excluding tert-OH is 1. The van der Waals surface area contributed by atoms with Crippen LogP contribution in [-0.2, 0) is 6.42 Å². The first-order chi connectivity index (χ1) is 10.1. The summed E-state index contributed by atoms with van der Waals surface area (Å²) in [5.74, 6) is 0.460. The summed E-state index contributed by atoms with van der Waals surface area (Å²) in [7, 11) is 0. The Kier molecular flexibility index (Phi) is 5.20. The maximum absolute atomic E-state index is 10.2. The van der Waals surface area contributed by atoms with Crippen LogP contribution in [0.3, 0.4) is 0 Å². The normalized spacial score (nSPS) is 13.8. The number of rotatable bonds is 6. The van der Waals surface area contributed by atoms with Crippen molar-refractivity contribution in [2.24, 2.45) is 0 Å². The average molecular weight is 287 g/mol. The van der Waals surface area contributed by atoms with Crippen LogP contribution in [0.4, 0.5) is 0 Å². The predicted octanol–water partition coefficient (Wildman–Crippen LogP) is 2.35. The summed E-state index contributed by atoms with van der Waals surface area (Å²) >= 11 is 0. The molecule has 4 nitrogen and oxygen atoms in total. The molecule has 2 aromatic carbocycles. The van der Waals surface area contributed by atoms with Crippen molar-refractivity contribution in [3.05, 3.63) is 59.7 Å². The van der Waals surface area contributed by atoms with Gasteiger partial charge in [-0.15, -0.1) is 0 Å². The third-order valence-corrected chi connectivity index (χ3v) is 3.52. The first-order valence-electron chi connectivity index (χ1n) is 7.04. The predicted molar refractivity (Wildman–Crippen MR) is 82.3 cm³/mol. The summed E-state index contributed by atoms with van der Waals surface area (Å²) < 4.78 is 0. The van der Waals surface area contributed by atoms with Crippen LogP contribution in [0.25, 0.3) is 0 Å². The molecule has 0 radical (unpaired) electrons. The molecule has 0 amide bonds. The number of phenolic OH excluding ortho intramolecular Hbond substituents is 2. The van der Waals surface area contributed by atoms with Crippen molar-refractivity contribution in [2.75, 3.05) is 6.54 Å². The van der Waals surface area contributed by atoms with Gasteiger partial charge in [0, 0.05) is 6.04 Å². The molecule has 0 aliphatic carbocycles. The highest BCUT2D eigenvalue weighted by molar-refractivity contribution is 5.28. The fourth-order valence-corrected chi connectivity index (χ4v) is 2.18. The van der Waals surface area contributed by atoms with Gasteiger partial charge in [-0.05, 0) is 55.3 Å². The second-order valence-electron chi connectivity index (χ2n) is 5.20. The molecule has 4 N–H and O–H groups in total. The van der Waals surface area contributed by atoms with E-state index in [1.165, 1.54) is 0 Å². The van der Waals surface area contributed by atoms with Crippen LogP contribution in [0.1, 0.15) is 24.2 Å². The minimum Gasteiger partial charge on any atom is -0.508 e. The highest BCUT2D eigenvalue weighted by Gasteiger charge is 2.15. The lowest BCUT2D eigenvalue weighted by atomic mass is 10.0. The Balaban J connectivity index is 1.82. The lowest BCUT2D eigenvalue weighted by Gasteiger charge is -2.20. The number of aromatic hydroxyl groups is 2. The van der Waals surface area contributed by atoms with E-state index in [-0.39, 0.29) is 17.5 Å². The third kappa shape index (κ3) is 4.48. The van der Waals surface area contributed by atoms with Crippen LogP contribution in [0.15, 0.2) is 48.5 Å². The minimum atomic E-state index is -0.620. The summed E-state index contributed by atoms with van der Waals surface area (Å²) in [5.41, 5.74) is 1.91. The van der Waals surface area contributed by atoms with E-state index < -0.39 is 6.10 Å². The summed E-state index contributed by atoms with van der Waals surface area (Å²) in [6.45, 7) is 2.66. The van der Waals surface area contributed by atoms with Crippen molar-refractivity contribution in [1.29, 1.82) is 0 Å². The lowest BCUT2D eigenvalue weighted by Crippen LogP contribution is -2.33. The van der Waals surface area contributed by atoms with Crippen LogP contribution in [0.5, 0.6) is 11.5 Å². The first kappa shape index (κ1) is 15.4.